The highest BCUT2D eigenvalue weighted by atomic mass is 79.9. The lowest BCUT2D eigenvalue weighted by Gasteiger charge is -2.12. The lowest BCUT2D eigenvalue weighted by atomic mass is 10.2. The van der Waals surface area contributed by atoms with Crippen molar-refractivity contribution in [2.45, 2.75) is 11.8 Å². The van der Waals surface area contributed by atoms with Crippen LogP contribution in [0.1, 0.15) is 5.56 Å². The molecule has 0 atom stereocenters. The number of halogens is 1. The number of nitrogens with zero attached hydrogens (tertiary/aromatic N) is 1. The SMILES string of the molecule is COc1ncc(Br)cc1S(=O)(=O)Nc1ccccc1C. The summed E-state index contributed by atoms with van der Waals surface area (Å²) >= 11 is 3.21. The number of aromatic nitrogens is 1. The maximum atomic E-state index is 12.4. The van der Waals surface area contributed by atoms with E-state index >= 15 is 0 Å². The Kier molecular flexibility index (Phi) is 4.29. The van der Waals surface area contributed by atoms with E-state index in [4.69, 9.17) is 4.74 Å². The molecule has 0 spiro atoms. The van der Waals surface area contributed by atoms with E-state index in [1.54, 1.807) is 12.1 Å². The molecule has 0 amide bonds. The Labute approximate surface area is 126 Å². The molecule has 1 heterocycles. The number of anilines is 1. The van der Waals surface area contributed by atoms with Gasteiger partial charge in [-0.05, 0) is 40.5 Å². The van der Waals surface area contributed by atoms with Gasteiger partial charge in [0.25, 0.3) is 10.0 Å². The Balaban J connectivity index is 2.46. The van der Waals surface area contributed by atoms with Crippen LogP contribution >= 0.6 is 15.9 Å². The van der Waals surface area contributed by atoms with Crippen LogP contribution in [0.3, 0.4) is 0 Å². The van der Waals surface area contributed by atoms with Crippen molar-refractivity contribution in [3.63, 3.8) is 0 Å². The van der Waals surface area contributed by atoms with Gasteiger partial charge < -0.3 is 4.74 Å². The van der Waals surface area contributed by atoms with Gasteiger partial charge in [-0.1, -0.05) is 18.2 Å². The van der Waals surface area contributed by atoms with E-state index in [0.29, 0.717) is 10.2 Å². The lowest BCUT2D eigenvalue weighted by molar-refractivity contribution is 0.385. The molecule has 0 bridgehead atoms. The molecule has 0 radical (unpaired) electrons. The van der Waals surface area contributed by atoms with Gasteiger partial charge in [0.2, 0.25) is 5.88 Å². The van der Waals surface area contributed by atoms with Gasteiger partial charge in [-0.25, -0.2) is 13.4 Å². The zero-order valence-electron chi connectivity index (χ0n) is 10.9. The highest BCUT2D eigenvalue weighted by molar-refractivity contribution is 9.10. The second kappa shape index (κ2) is 5.80. The number of sulfonamides is 1. The Bertz CT molecular complexity index is 732. The molecule has 106 valence electrons. The van der Waals surface area contributed by atoms with Gasteiger partial charge in [-0.15, -0.1) is 0 Å². The minimum atomic E-state index is -3.77. The number of para-hydroxylation sites is 1. The summed E-state index contributed by atoms with van der Waals surface area (Å²) in [5.41, 5.74) is 1.35. The number of ether oxygens (including phenoxy) is 1. The number of rotatable bonds is 4. The molecule has 1 N–H and O–H groups in total. The summed E-state index contributed by atoms with van der Waals surface area (Å²) in [5, 5.41) is 0. The zero-order chi connectivity index (χ0) is 14.8. The van der Waals surface area contributed by atoms with Crippen LogP contribution in [-0.2, 0) is 10.0 Å². The van der Waals surface area contributed by atoms with E-state index in [1.165, 1.54) is 19.4 Å². The smallest absolute Gasteiger partial charge is 0.267 e. The minimum absolute atomic E-state index is 0.0161. The summed E-state index contributed by atoms with van der Waals surface area (Å²) in [6.07, 6.45) is 1.48. The lowest BCUT2D eigenvalue weighted by Crippen LogP contribution is -2.15. The van der Waals surface area contributed by atoms with Crippen molar-refractivity contribution in [2.75, 3.05) is 11.8 Å². The molecule has 1 aromatic heterocycles. The van der Waals surface area contributed by atoms with Gasteiger partial charge in [0.05, 0.1) is 12.8 Å². The summed E-state index contributed by atoms with van der Waals surface area (Å²) < 4.78 is 33.0. The van der Waals surface area contributed by atoms with Crippen LogP contribution < -0.4 is 9.46 Å². The average Bonchev–Trinajstić information content (AvgIpc) is 2.41. The Morgan fingerprint density at radius 1 is 1.30 bits per heavy atom. The third kappa shape index (κ3) is 3.10. The molecular weight excluding hydrogens is 344 g/mol. The molecule has 0 unspecified atom stereocenters. The first-order valence-electron chi connectivity index (χ1n) is 5.72. The fourth-order valence-corrected chi connectivity index (χ4v) is 3.40. The van der Waals surface area contributed by atoms with Crippen molar-refractivity contribution < 1.29 is 13.2 Å². The van der Waals surface area contributed by atoms with Gasteiger partial charge in [-0.3, -0.25) is 4.72 Å². The van der Waals surface area contributed by atoms with Gasteiger partial charge in [0.1, 0.15) is 0 Å². The molecule has 0 saturated heterocycles. The van der Waals surface area contributed by atoms with Crippen LogP contribution in [-0.4, -0.2) is 20.5 Å². The van der Waals surface area contributed by atoms with E-state index < -0.39 is 10.0 Å². The van der Waals surface area contributed by atoms with E-state index in [0.717, 1.165) is 5.56 Å². The molecule has 1 aromatic carbocycles. The molecule has 7 heteroatoms. The summed E-state index contributed by atoms with van der Waals surface area (Å²) in [6.45, 7) is 1.83. The molecule has 0 saturated carbocycles. The van der Waals surface area contributed by atoms with Crippen molar-refractivity contribution >= 4 is 31.6 Å². The van der Waals surface area contributed by atoms with Gasteiger partial charge in [-0.2, -0.15) is 0 Å². The normalized spacial score (nSPS) is 11.2. The Hall–Kier alpha value is -1.60. The Morgan fingerprint density at radius 3 is 2.65 bits per heavy atom. The van der Waals surface area contributed by atoms with Crippen LogP contribution in [0.2, 0.25) is 0 Å². The monoisotopic (exact) mass is 356 g/mol. The molecule has 20 heavy (non-hydrogen) atoms. The van der Waals surface area contributed by atoms with Crippen molar-refractivity contribution in [1.29, 1.82) is 0 Å². The molecule has 0 fully saturated rings. The Morgan fingerprint density at radius 2 is 2.00 bits per heavy atom. The number of pyridine rings is 1. The van der Waals surface area contributed by atoms with Crippen molar-refractivity contribution in [2.24, 2.45) is 0 Å². The zero-order valence-corrected chi connectivity index (χ0v) is 13.3. The first kappa shape index (κ1) is 14.8. The van der Waals surface area contributed by atoms with Crippen molar-refractivity contribution in [3.05, 3.63) is 46.6 Å². The second-order valence-corrected chi connectivity index (χ2v) is 6.65. The fraction of sp³-hybridized carbons (Fsp3) is 0.154. The van der Waals surface area contributed by atoms with Gasteiger partial charge in [0.15, 0.2) is 4.90 Å². The standard InChI is InChI=1S/C13H13BrN2O3S/c1-9-5-3-4-6-11(9)16-20(17,18)12-7-10(14)8-15-13(12)19-2/h3-8,16H,1-2H3. The van der Waals surface area contributed by atoms with Crippen LogP contribution in [0.15, 0.2) is 45.9 Å². The first-order chi connectivity index (χ1) is 9.44. The summed E-state index contributed by atoms with van der Waals surface area (Å²) in [6, 6.07) is 8.58. The molecule has 0 aliphatic rings. The molecule has 5 nitrogen and oxygen atoms in total. The van der Waals surface area contributed by atoms with Gasteiger partial charge in [0, 0.05) is 10.7 Å². The number of hydrogen-bond acceptors (Lipinski definition) is 4. The van der Waals surface area contributed by atoms with E-state index in [2.05, 4.69) is 25.6 Å². The fourth-order valence-electron chi connectivity index (χ4n) is 1.64. The highest BCUT2D eigenvalue weighted by Crippen LogP contribution is 2.27. The molecule has 2 rings (SSSR count). The number of methoxy groups -OCH3 is 1. The highest BCUT2D eigenvalue weighted by Gasteiger charge is 2.21. The summed E-state index contributed by atoms with van der Waals surface area (Å²) in [5.74, 6) is 0.0503. The quantitative estimate of drug-likeness (QED) is 0.914. The third-order valence-corrected chi connectivity index (χ3v) is 4.45. The maximum absolute atomic E-state index is 12.4. The average molecular weight is 357 g/mol. The minimum Gasteiger partial charge on any atom is -0.480 e. The number of hydrogen-bond donors (Lipinski definition) is 1. The van der Waals surface area contributed by atoms with E-state index in [9.17, 15) is 8.42 Å². The molecule has 0 aliphatic heterocycles. The molecule has 0 aliphatic carbocycles. The third-order valence-electron chi connectivity index (χ3n) is 2.66. The van der Waals surface area contributed by atoms with Crippen molar-refractivity contribution in [1.82, 2.24) is 4.98 Å². The van der Waals surface area contributed by atoms with Crippen LogP contribution in [0, 0.1) is 6.92 Å². The number of aryl methyl sites for hydroxylation is 1. The predicted molar refractivity (Wildman–Crippen MR) is 80.5 cm³/mol. The van der Waals surface area contributed by atoms with Crippen molar-refractivity contribution in [3.8, 4) is 5.88 Å². The largest absolute Gasteiger partial charge is 0.480 e. The van der Waals surface area contributed by atoms with Gasteiger partial charge >= 0.3 is 0 Å². The topological polar surface area (TPSA) is 68.3 Å². The summed E-state index contributed by atoms with van der Waals surface area (Å²) in [7, 11) is -2.39. The van der Waals surface area contributed by atoms with Crippen LogP contribution in [0.5, 0.6) is 5.88 Å². The first-order valence-corrected chi connectivity index (χ1v) is 7.99. The van der Waals surface area contributed by atoms with E-state index in [1.807, 2.05) is 19.1 Å². The number of nitrogens with one attached hydrogen (secondary N) is 1. The van der Waals surface area contributed by atoms with Crippen LogP contribution in [0.25, 0.3) is 0 Å². The molecule has 2 aromatic rings. The predicted octanol–water partition coefficient (Wildman–Crippen LogP) is 2.96. The van der Waals surface area contributed by atoms with E-state index in [-0.39, 0.29) is 10.8 Å². The number of benzene rings is 1. The summed E-state index contributed by atoms with van der Waals surface area (Å²) in [4.78, 5) is 3.92. The van der Waals surface area contributed by atoms with Crippen LogP contribution in [0.4, 0.5) is 5.69 Å². The second-order valence-electron chi connectivity index (χ2n) is 4.08. The molecular formula is C13H13BrN2O3S. The maximum Gasteiger partial charge on any atom is 0.267 e.